The van der Waals surface area contributed by atoms with Gasteiger partial charge in [0, 0.05) is 24.2 Å². The number of unbranched alkanes of at least 4 members (excludes halogenated alkanes) is 1. The Morgan fingerprint density at radius 1 is 1.14 bits per heavy atom. The maximum atomic E-state index is 12.8. The van der Waals surface area contributed by atoms with Gasteiger partial charge in [-0.05, 0) is 79.8 Å². The van der Waals surface area contributed by atoms with Gasteiger partial charge in [-0.3, -0.25) is 9.59 Å². The molecule has 0 spiro atoms. The first kappa shape index (κ1) is 29.4. The Morgan fingerprint density at radius 2 is 1.78 bits per heavy atom. The second kappa shape index (κ2) is 12.1. The molecule has 0 amide bonds. The van der Waals surface area contributed by atoms with Crippen molar-refractivity contribution in [3.8, 4) is 5.75 Å². The van der Waals surface area contributed by atoms with Crippen molar-refractivity contribution in [1.29, 1.82) is 0 Å². The van der Waals surface area contributed by atoms with Crippen LogP contribution in [0.1, 0.15) is 77.7 Å². The molecule has 2 saturated carbocycles. The number of aliphatic hydroxyl groups is 1. The van der Waals surface area contributed by atoms with E-state index in [9.17, 15) is 14.7 Å². The predicted octanol–water partition coefficient (Wildman–Crippen LogP) is 7.13. The van der Waals surface area contributed by atoms with E-state index in [-0.39, 0.29) is 41.0 Å². The molecule has 1 aromatic carbocycles. The number of carboxylic acid groups (broad SMARTS) is 1. The summed E-state index contributed by atoms with van der Waals surface area (Å²) in [6.07, 6.45) is 11.8. The number of hydrogen-bond acceptors (Lipinski definition) is 4. The molecule has 2 unspecified atom stereocenters. The van der Waals surface area contributed by atoms with Gasteiger partial charge >= 0.3 is 5.97 Å². The third-order valence-corrected chi connectivity index (χ3v) is 13.3. The summed E-state index contributed by atoms with van der Waals surface area (Å²) in [6.45, 7) is 13.2. The number of carbonyl (C=O) groups is 2. The van der Waals surface area contributed by atoms with Gasteiger partial charge in [-0.1, -0.05) is 64.1 Å². The Kier molecular flexibility index (Phi) is 9.62. The SMILES string of the molecule is CC(c1ccc(O[Si](C)(C)C(C)(C)C)cc1)C(O)C=C[C@@H]1[C@H](CC=CCCCC(=O)O)[C@@H]2CC[C@H]1C2=O. The number of aliphatic carboxylic acids is 1. The van der Waals surface area contributed by atoms with Gasteiger partial charge in [0.15, 0.2) is 0 Å². The summed E-state index contributed by atoms with van der Waals surface area (Å²) in [5.41, 5.74) is 1.06. The largest absolute Gasteiger partial charge is 0.544 e. The number of ketones is 1. The number of aliphatic hydroxyl groups excluding tert-OH is 1. The molecule has 204 valence electrons. The fourth-order valence-electron chi connectivity index (χ4n) is 5.53. The van der Waals surface area contributed by atoms with E-state index in [1.54, 1.807) is 0 Å². The van der Waals surface area contributed by atoms with E-state index in [4.69, 9.17) is 9.53 Å². The van der Waals surface area contributed by atoms with Crippen molar-refractivity contribution >= 4 is 20.1 Å². The lowest BCUT2D eigenvalue weighted by atomic mass is 9.77. The molecular weight excluding hydrogens is 480 g/mol. The summed E-state index contributed by atoms with van der Waals surface area (Å²) < 4.78 is 6.39. The van der Waals surface area contributed by atoms with E-state index in [0.29, 0.717) is 12.2 Å². The van der Waals surface area contributed by atoms with E-state index >= 15 is 0 Å². The summed E-state index contributed by atoms with van der Waals surface area (Å²) in [5.74, 6) is 1.06. The van der Waals surface area contributed by atoms with Gasteiger partial charge in [-0.25, -0.2) is 0 Å². The maximum Gasteiger partial charge on any atom is 0.303 e. The van der Waals surface area contributed by atoms with Crippen molar-refractivity contribution in [3.05, 3.63) is 54.1 Å². The van der Waals surface area contributed by atoms with Gasteiger partial charge in [0.05, 0.1) is 6.10 Å². The molecule has 0 radical (unpaired) electrons. The van der Waals surface area contributed by atoms with Gasteiger partial charge in [0.2, 0.25) is 8.32 Å². The van der Waals surface area contributed by atoms with Gasteiger partial charge < -0.3 is 14.6 Å². The van der Waals surface area contributed by atoms with E-state index < -0.39 is 20.4 Å². The maximum absolute atomic E-state index is 12.8. The van der Waals surface area contributed by atoms with E-state index in [2.05, 4.69) is 52.1 Å². The molecule has 37 heavy (non-hydrogen) atoms. The molecule has 6 atom stereocenters. The predicted molar refractivity (Wildman–Crippen MR) is 151 cm³/mol. The van der Waals surface area contributed by atoms with Gasteiger partial charge in [-0.2, -0.15) is 0 Å². The zero-order chi connectivity index (χ0) is 27.4. The second-order valence-electron chi connectivity index (χ2n) is 12.5. The molecule has 2 bridgehead atoms. The van der Waals surface area contributed by atoms with Crippen LogP contribution in [0, 0.1) is 23.7 Å². The van der Waals surface area contributed by atoms with Crippen LogP contribution in [0.25, 0.3) is 0 Å². The minimum Gasteiger partial charge on any atom is -0.544 e. The first-order chi connectivity index (χ1) is 17.3. The summed E-state index contributed by atoms with van der Waals surface area (Å²) in [4.78, 5) is 23.5. The molecule has 1 aromatic rings. The monoisotopic (exact) mass is 526 g/mol. The van der Waals surface area contributed by atoms with Crippen LogP contribution in [0.4, 0.5) is 0 Å². The lowest BCUT2D eigenvalue weighted by molar-refractivity contribution is -0.137. The van der Waals surface area contributed by atoms with Crippen LogP contribution < -0.4 is 4.43 Å². The average Bonchev–Trinajstić information content (AvgIpc) is 3.30. The topological polar surface area (TPSA) is 83.8 Å². The minimum absolute atomic E-state index is 0.0694. The van der Waals surface area contributed by atoms with Crippen molar-refractivity contribution in [2.45, 2.75) is 96.4 Å². The highest BCUT2D eigenvalue weighted by Gasteiger charge is 2.52. The molecule has 0 aliphatic heterocycles. The highest BCUT2D eigenvalue weighted by Crippen LogP contribution is 2.52. The number of carbonyl (C=O) groups excluding carboxylic acids is 1. The first-order valence-electron chi connectivity index (χ1n) is 13.9. The third-order valence-electron chi connectivity index (χ3n) is 8.96. The van der Waals surface area contributed by atoms with Crippen molar-refractivity contribution in [2.24, 2.45) is 23.7 Å². The third kappa shape index (κ3) is 7.23. The van der Waals surface area contributed by atoms with Crippen molar-refractivity contribution < 1.29 is 24.2 Å². The Hall–Kier alpha value is -2.18. The molecule has 3 rings (SSSR count). The Bertz CT molecular complexity index is 988. The zero-order valence-electron chi connectivity index (χ0n) is 23.4. The number of rotatable bonds is 12. The summed E-state index contributed by atoms with van der Waals surface area (Å²) in [6, 6.07) is 8.11. The van der Waals surface area contributed by atoms with Crippen molar-refractivity contribution in [1.82, 2.24) is 0 Å². The Balaban J connectivity index is 1.60. The first-order valence-corrected chi connectivity index (χ1v) is 16.8. The summed E-state index contributed by atoms with van der Waals surface area (Å²) in [5, 5.41) is 19.9. The van der Waals surface area contributed by atoms with Gasteiger partial charge in [0.25, 0.3) is 0 Å². The molecule has 2 fully saturated rings. The number of benzene rings is 1. The highest BCUT2D eigenvalue weighted by molar-refractivity contribution is 6.74. The van der Waals surface area contributed by atoms with E-state index in [1.807, 2.05) is 37.3 Å². The minimum atomic E-state index is -1.90. The van der Waals surface area contributed by atoms with Crippen LogP contribution in [0.3, 0.4) is 0 Å². The smallest absolute Gasteiger partial charge is 0.303 e. The van der Waals surface area contributed by atoms with E-state index in [0.717, 1.165) is 37.0 Å². The standard InChI is InChI=1S/C31H46O5Si/c1-21(22-13-15-23(16-14-22)36-37(5,6)31(2,3)4)28(32)20-19-25-24(26-17-18-27(25)30(26)35)11-9-7-8-10-12-29(33)34/h7,9,13-16,19-21,24-28,32H,8,10-12,17-18H2,1-6H3,(H,33,34)/t21?,24-,25+,26-,27+,28?/m0/s1. The van der Waals surface area contributed by atoms with Crippen LogP contribution in [0.15, 0.2) is 48.6 Å². The number of allylic oxidation sites excluding steroid dienone is 3. The lowest BCUT2D eigenvalue weighted by Crippen LogP contribution is -2.43. The van der Waals surface area contributed by atoms with Crippen LogP contribution >= 0.6 is 0 Å². The quantitative estimate of drug-likeness (QED) is 0.172. The second-order valence-corrected chi connectivity index (χ2v) is 17.2. The number of fused-ring (bicyclic) bond motifs is 2. The molecule has 2 aliphatic rings. The lowest BCUT2D eigenvalue weighted by Gasteiger charge is -2.36. The average molecular weight is 527 g/mol. The summed E-state index contributed by atoms with van der Waals surface area (Å²) >= 11 is 0. The van der Waals surface area contributed by atoms with Crippen LogP contribution in [-0.2, 0) is 9.59 Å². The summed E-state index contributed by atoms with van der Waals surface area (Å²) in [7, 11) is -1.90. The van der Waals surface area contributed by atoms with Crippen molar-refractivity contribution in [2.75, 3.05) is 0 Å². The fourth-order valence-corrected chi connectivity index (χ4v) is 6.56. The molecular formula is C31H46O5Si. The normalized spacial score (nSPS) is 25.8. The number of hydrogen-bond donors (Lipinski definition) is 2. The highest BCUT2D eigenvalue weighted by atomic mass is 28.4. The molecule has 0 heterocycles. The molecule has 0 aromatic heterocycles. The molecule has 6 heteroatoms. The number of Topliss-reactive ketones (excluding diaryl/α,β-unsaturated/α-hetero) is 1. The molecule has 2 N–H and O–H groups in total. The molecule has 2 aliphatic carbocycles. The van der Waals surface area contributed by atoms with Crippen LogP contribution in [0.2, 0.25) is 18.1 Å². The van der Waals surface area contributed by atoms with E-state index in [1.165, 1.54) is 0 Å². The molecule has 0 saturated heterocycles. The van der Waals surface area contributed by atoms with Gasteiger partial charge in [0.1, 0.15) is 11.5 Å². The fraction of sp³-hybridized carbons (Fsp3) is 0.613. The Morgan fingerprint density at radius 3 is 2.41 bits per heavy atom. The van der Waals surface area contributed by atoms with Crippen LogP contribution in [0.5, 0.6) is 5.75 Å². The number of carboxylic acids is 1. The van der Waals surface area contributed by atoms with Crippen molar-refractivity contribution in [3.63, 3.8) is 0 Å². The van der Waals surface area contributed by atoms with Crippen LogP contribution in [-0.4, -0.2) is 36.4 Å². The Labute approximate surface area is 224 Å². The molecule has 5 nitrogen and oxygen atoms in total. The van der Waals surface area contributed by atoms with Gasteiger partial charge in [-0.15, -0.1) is 0 Å². The zero-order valence-corrected chi connectivity index (χ0v) is 24.4.